The van der Waals surface area contributed by atoms with Crippen molar-refractivity contribution < 1.29 is 27.1 Å². The Balaban J connectivity index is 2.61. The first-order valence-corrected chi connectivity index (χ1v) is 7.24. The number of alkyl halides is 3. The van der Waals surface area contributed by atoms with Crippen LogP contribution in [-0.4, -0.2) is 17.1 Å². The van der Waals surface area contributed by atoms with Gasteiger partial charge in [0.05, 0.1) is 0 Å². The number of anilines is 1. The zero-order chi connectivity index (χ0) is 18.8. The van der Waals surface area contributed by atoms with Crippen LogP contribution in [0.4, 0.5) is 23.4 Å². The van der Waals surface area contributed by atoms with E-state index in [9.17, 15) is 22.4 Å². The molecule has 5 nitrogen and oxygen atoms in total. The Morgan fingerprint density at radius 3 is 2.48 bits per heavy atom. The van der Waals surface area contributed by atoms with E-state index in [0.717, 1.165) is 18.3 Å². The van der Waals surface area contributed by atoms with E-state index < -0.39 is 35.3 Å². The fraction of sp³-hybridized carbons (Fsp3) is 0.250. The minimum absolute atomic E-state index is 0.0798. The number of benzene rings is 1. The number of ketones is 1. The number of nitrogen functional groups attached to an aromatic ring is 1. The van der Waals surface area contributed by atoms with Crippen LogP contribution in [0.3, 0.4) is 0 Å². The average Bonchev–Trinajstić information content (AvgIpc) is 2.53. The van der Waals surface area contributed by atoms with Gasteiger partial charge in [-0.25, -0.2) is 9.37 Å². The summed E-state index contributed by atoms with van der Waals surface area (Å²) >= 11 is 0. The molecule has 0 bridgehead atoms. The van der Waals surface area contributed by atoms with Crippen LogP contribution in [0.25, 0.3) is 0 Å². The maximum absolute atomic E-state index is 14.8. The molecule has 1 atom stereocenters. The number of ether oxygens (including phenoxy) is 1. The fourth-order valence-corrected chi connectivity index (χ4v) is 2.19. The van der Waals surface area contributed by atoms with Gasteiger partial charge in [-0.2, -0.15) is 0 Å². The first-order chi connectivity index (χ1) is 11.6. The van der Waals surface area contributed by atoms with Gasteiger partial charge in [-0.1, -0.05) is 13.0 Å². The van der Waals surface area contributed by atoms with Gasteiger partial charge in [0.15, 0.2) is 0 Å². The molecule has 25 heavy (non-hydrogen) atoms. The number of nitrogens with zero attached hydrogens (tertiary/aromatic N) is 1. The molecule has 0 fully saturated rings. The molecule has 4 N–H and O–H groups in total. The van der Waals surface area contributed by atoms with Crippen LogP contribution >= 0.6 is 0 Å². The lowest BCUT2D eigenvalue weighted by Crippen LogP contribution is -2.21. The second kappa shape index (κ2) is 7.06. The third kappa shape index (κ3) is 4.24. The van der Waals surface area contributed by atoms with Crippen LogP contribution < -0.4 is 16.2 Å². The normalized spacial score (nSPS) is 12.7. The molecule has 0 radical (unpaired) electrons. The van der Waals surface area contributed by atoms with Crippen molar-refractivity contribution in [2.24, 2.45) is 5.73 Å². The van der Waals surface area contributed by atoms with Crippen LogP contribution in [0, 0.1) is 5.82 Å². The van der Waals surface area contributed by atoms with Crippen LogP contribution in [-0.2, 0) is 0 Å². The van der Waals surface area contributed by atoms with Crippen molar-refractivity contribution in [2.45, 2.75) is 25.7 Å². The maximum Gasteiger partial charge on any atom is 0.573 e. The molecule has 2 rings (SSSR count). The number of hydrogen-bond acceptors (Lipinski definition) is 5. The molecule has 0 spiro atoms. The van der Waals surface area contributed by atoms with Crippen molar-refractivity contribution in [3.05, 3.63) is 53.0 Å². The Kier molecular flexibility index (Phi) is 5.27. The van der Waals surface area contributed by atoms with Crippen LogP contribution in [0.15, 0.2) is 30.5 Å². The highest BCUT2D eigenvalue weighted by Gasteiger charge is 2.35. The first kappa shape index (κ1) is 18.7. The Labute approximate surface area is 140 Å². The minimum Gasteiger partial charge on any atom is -0.405 e. The van der Waals surface area contributed by atoms with Gasteiger partial charge in [-0.05, 0) is 24.6 Å². The van der Waals surface area contributed by atoms with E-state index in [1.54, 1.807) is 6.92 Å². The van der Waals surface area contributed by atoms with E-state index in [1.807, 2.05) is 0 Å². The lowest BCUT2D eigenvalue weighted by molar-refractivity contribution is -0.274. The quantitative estimate of drug-likeness (QED) is 0.633. The van der Waals surface area contributed by atoms with Gasteiger partial charge < -0.3 is 16.2 Å². The van der Waals surface area contributed by atoms with Crippen LogP contribution in [0.5, 0.6) is 5.75 Å². The highest BCUT2D eigenvalue weighted by atomic mass is 19.4. The zero-order valence-corrected chi connectivity index (χ0v) is 13.1. The number of rotatable bonds is 5. The molecule has 2 aromatic rings. The summed E-state index contributed by atoms with van der Waals surface area (Å²) < 4.78 is 56.3. The summed E-state index contributed by atoms with van der Waals surface area (Å²) in [5, 5.41) is 0. The molecule has 1 aromatic heterocycles. The standard InChI is InChI=1S/C16H15F4N3O2/c1-2-10(21)9-4-5-11(25-16(18,19)20)13(14(9)17)15(24)8-3-6-12(22)23-7-8/h3-7,10H,2,21H2,1H3,(H2,22,23)/t10-/m1/s1. The monoisotopic (exact) mass is 357 g/mol. The Hall–Kier alpha value is -2.68. The Morgan fingerprint density at radius 1 is 1.28 bits per heavy atom. The molecule has 1 heterocycles. The number of hydrogen-bond donors (Lipinski definition) is 2. The van der Waals surface area contributed by atoms with Crippen molar-refractivity contribution in [2.75, 3.05) is 5.73 Å². The highest BCUT2D eigenvalue weighted by molar-refractivity contribution is 6.11. The van der Waals surface area contributed by atoms with Gasteiger partial charge in [0, 0.05) is 23.4 Å². The van der Waals surface area contributed by atoms with Gasteiger partial charge in [0.2, 0.25) is 5.78 Å². The molecule has 0 unspecified atom stereocenters. The number of halogens is 4. The number of carbonyl (C=O) groups is 1. The zero-order valence-electron chi connectivity index (χ0n) is 13.1. The van der Waals surface area contributed by atoms with Gasteiger partial charge in [0.1, 0.15) is 22.9 Å². The van der Waals surface area contributed by atoms with E-state index in [4.69, 9.17) is 11.5 Å². The largest absolute Gasteiger partial charge is 0.573 e. The van der Waals surface area contributed by atoms with Crippen molar-refractivity contribution >= 4 is 11.6 Å². The molecular weight excluding hydrogens is 342 g/mol. The molecule has 0 saturated carbocycles. The summed E-state index contributed by atoms with van der Waals surface area (Å²) in [6.07, 6.45) is -3.72. The highest BCUT2D eigenvalue weighted by Crippen LogP contribution is 2.33. The molecule has 9 heteroatoms. The minimum atomic E-state index is -5.09. The lowest BCUT2D eigenvalue weighted by atomic mass is 9.96. The molecule has 0 aliphatic rings. The van der Waals surface area contributed by atoms with Crippen LogP contribution in [0.1, 0.15) is 40.9 Å². The SMILES string of the molecule is CC[C@@H](N)c1ccc(OC(F)(F)F)c(C(=O)c2ccc(N)nc2)c1F. The van der Waals surface area contributed by atoms with E-state index in [2.05, 4.69) is 9.72 Å². The summed E-state index contributed by atoms with van der Waals surface area (Å²) in [4.78, 5) is 16.2. The van der Waals surface area contributed by atoms with E-state index in [0.29, 0.717) is 6.42 Å². The summed E-state index contributed by atoms with van der Waals surface area (Å²) in [6.45, 7) is 1.68. The molecule has 0 amide bonds. The van der Waals surface area contributed by atoms with Crippen LogP contribution in [0.2, 0.25) is 0 Å². The van der Waals surface area contributed by atoms with Gasteiger partial charge >= 0.3 is 6.36 Å². The maximum atomic E-state index is 14.8. The molecular formula is C16H15F4N3O2. The van der Waals surface area contributed by atoms with Crippen molar-refractivity contribution in [1.29, 1.82) is 0 Å². The molecule has 0 saturated heterocycles. The molecule has 134 valence electrons. The van der Waals surface area contributed by atoms with Gasteiger partial charge in [-0.3, -0.25) is 4.79 Å². The van der Waals surface area contributed by atoms with Gasteiger partial charge in [0.25, 0.3) is 0 Å². The Bertz CT molecular complexity index is 776. The summed E-state index contributed by atoms with van der Waals surface area (Å²) in [5.74, 6) is -3.02. The summed E-state index contributed by atoms with van der Waals surface area (Å²) in [7, 11) is 0. The van der Waals surface area contributed by atoms with Gasteiger partial charge in [-0.15, -0.1) is 13.2 Å². The number of aromatic nitrogens is 1. The predicted octanol–water partition coefficient (Wildman–Crippen LogP) is 3.34. The summed E-state index contributed by atoms with van der Waals surface area (Å²) in [6, 6.07) is 3.67. The first-order valence-electron chi connectivity index (χ1n) is 7.24. The molecule has 0 aliphatic heterocycles. The number of carbonyl (C=O) groups excluding carboxylic acids is 1. The van der Waals surface area contributed by atoms with E-state index in [-0.39, 0.29) is 16.9 Å². The van der Waals surface area contributed by atoms with E-state index in [1.165, 1.54) is 12.1 Å². The summed E-state index contributed by atoms with van der Waals surface area (Å²) in [5.41, 5.74) is 10.1. The Morgan fingerprint density at radius 2 is 1.96 bits per heavy atom. The molecule has 1 aromatic carbocycles. The lowest BCUT2D eigenvalue weighted by Gasteiger charge is -2.17. The van der Waals surface area contributed by atoms with Crippen molar-refractivity contribution in [1.82, 2.24) is 4.98 Å². The third-order valence-corrected chi connectivity index (χ3v) is 3.47. The van der Waals surface area contributed by atoms with Crippen molar-refractivity contribution in [3.8, 4) is 5.75 Å². The van der Waals surface area contributed by atoms with Crippen molar-refractivity contribution in [3.63, 3.8) is 0 Å². The third-order valence-electron chi connectivity index (χ3n) is 3.47. The number of pyridine rings is 1. The number of nitrogens with two attached hydrogens (primary N) is 2. The van der Waals surface area contributed by atoms with E-state index >= 15 is 0 Å². The molecule has 0 aliphatic carbocycles. The second-order valence-electron chi connectivity index (χ2n) is 5.21. The topological polar surface area (TPSA) is 91.2 Å². The predicted molar refractivity (Wildman–Crippen MR) is 82.4 cm³/mol. The second-order valence-corrected chi connectivity index (χ2v) is 5.21. The fourth-order valence-electron chi connectivity index (χ4n) is 2.19. The smallest absolute Gasteiger partial charge is 0.405 e. The average molecular weight is 357 g/mol.